The molecule has 0 heterocycles. The summed E-state index contributed by atoms with van der Waals surface area (Å²) in [7, 11) is 0. The Morgan fingerprint density at radius 3 is 2.50 bits per heavy atom. The Bertz CT molecular complexity index is 275. The second kappa shape index (κ2) is 4.14. The Kier molecular flexibility index (Phi) is 3.14. The standard InChI is InChI=1S/C8H10N3Se/c1-6-2-4-7(5-3-6)10-11-8(9)12/h2-5,10H,1H3,(H2,9,11). The van der Waals surface area contributed by atoms with Crippen molar-refractivity contribution in [2.75, 3.05) is 5.43 Å². The third kappa shape index (κ3) is 2.94. The molecule has 0 aliphatic rings. The van der Waals surface area contributed by atoms with Gasteiger partial charge in [-0.15, -0.1) is 0 Å². The van der Waals surface area contributed by atoms with E-state index in [0.29, 0.717) is 4.73 Å². The fourth-order valence-electron chi connectivity index (χ4n) is 0.748. The number of anilines is 1. The van der Waals surface area contributed by atoms with Crippen LogP contribution in [0.3, 0.4) is 0 Å². The van der Waals surface area contributed by atoms with Gasteiger partial charge in [0.2, 0.25) is 0 Å². The Balaban J connectivity index is 2.65. The van der Waals surface area contributed by atoms with Gasteiger partial charge in [0.15, 0.2) is 0 Å². The predicted molar refractivity (Wildman–Crippen MR) is 52.2 cm³/mol. The van der Waals surface area contributed by atoms with Crippen molar-refractivity contribution in [2.45, 2.75) is 6.92 Å². The van der Waals surface area contributed by atoms with E-state index in [-0.39, 0.29) is 0 Å². The van der Waals surface area contributed by atoms with Gasteiger partial charge in [-0.1, -0.05) is 0 Å². The number of aryl methyl sites for hydroxylation is 1. The summed E-state index contributed by atoms with van der Waals surface area (Å²) in [5, 5.41) is 3.81. The van der Waals surface area contributed by atoms with E-state index < -0.39 is 0 Å². The van der Waals surface area contributed by atoms with Gasteiger partial charge in [-0.3, -0.25) is 0 Å². The first kappa shape index (κ1) is 9.10. The Hall–Kier alpha value is -0.991. The summed E-state index contributed by atoms with van der Waals surface area (Å²) in [6.45, 7) is 2.04. The zero-order valence-corrected chi connectivity index (χ0v) is 8.46. The number of benzene rings is 1. The summed E-state index contributed by atoms with van der Waals surface area (Å²) in [6.07, 6.45) is 0. The third-order valence-corrected chi connectivity index (χ3v) is 1.54. The monoisotopic (exact) mass is 228 g/mol. The molecule has 0 saturated carbocycles. The van der Waals surface area contributed by atoms with Gasteiger partial charge in [-0.25, -0.2) is 0 Å². The first-order valence-corrected chi connectivity index (χ1v) is 4.37. The average Bonchev–Trinajstić information content (AvgIpc) is 2.03. The quantitative estimate of drug-likeness (QED) is 0.340. The van der Waals surface area contributed by atoms with Crippen LogP contribution in [-0.2, 0) is 0 Å². The van der Waals surface area contributed by atoms with Crippen LogP contribution in [-0.4, -0.2) is 20.7 Å². The number of hydrogen-bond donors (Lipinski definition) is 2. The van der Waals surface area contributed by atoms with Crippen LogP contribution in [0.1, 0.15) is 5.56 Å². The van der Waals surface area contributed by atoms with Gasteiger partial charge in [0.1, 0.15) is 0 Å². The Morgan fingerprint density at radius 1 is 1.42 bits per heavy atom. The van der Waals surface area contributed by atoms with Crippen LogP contribution >= 0.6 is 0 Å². The second-order valence-electron chi connectivity index (χ2n) is 2.43. The maximum absolute atomic E-state index is 5.30. The van der Waals surface area contributed by atoms with Gasteiger partial charge < -0.3 is 0 Å². The molecular formula is C8H10N3Se. The first-order chi connectivity index (χ1) is 5.68. The first-order valence-electron chi connectivity index (χ1n) is 3.51. The van der Waals surface area contributed by atoms with Crippen molar-refractivity contribution in [1.29, 1.82) is 0 Å². The molecule has 0 amide bonds. The molecule has 0 unspecified atom stereocenters. The van der Waals surface area contributed by atoms with E-state index in [4.69, 9.17) is 5.73 Å². The second-order valence-corrected chi connectivity index (χ2v) is 3.31. The summed E-state index contributed by atoms with van der Waals surface area (Å²) in [5.74, 6) is 0. The molecule has 3 nitrogen and oxygen atoms in total. The summed E-state index contributed by atoms with van der Waals surface area (Å²) in [5.41, 5.74) is 10.3. The molecule has 3 N–H and O–H groups in total. The van der Waals surface area contributed by atoms with Crippen molar-refractivity contribution in [3.8, 4) is 0 Å². The molecule has 0 fully saturated rings. The van der Waals surface area contributed by atoms with Gasteiger partial charge in [0.25, 0.3) is 0 Å². The van der Waals surface area contributed by atoms with Gasteiger partial charge in [0, 0.05) is 0 Å². The van der Waals surface area contributed by atoms with E-state index in [0.717, 1.165) is 5.69 Å². The molecule has 0 bridgehead atoms. The van der Waals surface area contributed by atoms with Gasteiger partial charge in [0.05, 0.1) is 0 Å². The normalized spacial score (nSPS) is 11.2. The van der Waals surface area contributed by atoms with Crippen LogP contribution in [0.5, 0.6) is 0 Å². The van der Waals surface area contributed by atoms with E-state index in [2.05, 4.69) is 26.5 Å². The van der Waals surface area contributed by atoms with Crippen LogP contribution in [0.25, 0.3) is 0 Å². The minimum absolute atomic E-state index is 0.399. The van der Waals surface area contributed by atoms with E-state index in [1.807, 2.05) is 31.2 Å². The Labute approximate surface area is 79.9 Å². The number of amidine groups is 1. The molecule has 1 aromatic rings. The number of nitrogens with one attached hydrogen (secondary N) is 1. The zero-order valence-electron chi connectivity index (χ0n) is 6.74. The van der Waals surface area contributed by atoms with Crippen LogP contribution < -0.4 is 11.2 Å². The molecule has 1 rings (SSSR count). The molecule has 0 spiro atoms. The topological polar surface area (TPSA) is 50.4 Å². The number of hydrogen-bond acceptors (Lipinski definition) is 2. The van der Waals surface area contributed by atoms with E-state index in [1.54, 1.807) is 0 Å². The van der Waals surface area contributed by atoms with Crippen LogP contribution in [0, 0.1) is 6.92 Å². The number of nitrogens with two attached hydrogens (primary N) is 1. The van der Waals surface area contributed by atoms with Gasteiger partial charge in [-0.2, -0.15) is 0 Å². The summed E-state index contributed by atoms with van der Waals surface area (Å²) in [4.78, 5) is 0. The van der Waals surface area contributed by atoms with Crippen molar-refractivity contribution in [2.24, 2.45) is 10.8 Å². The molecule has 1 aromatic carbocycles. The van der Waals surface area contributed by atoms with Crippen molar-refractivity contribution in [3.63, 3.8) is 0 Å². The molecule has 0 aromatic heterocycles. The molecule has 0 saturated heterocycles. The van der Waals surface area contributed by atoms with Crippen molar-refractivity contribution >= 4 is 26.4 Å². The SMILES string of the molecule is Cc1ccc(NN=C(N)[Se])cc1. The molecule has 0 aliphatic heterocycles. The summed E-state index contributed by atoms with van der Waals surface area (Å²) < 4.78 is 0.399. The molecule has 1 radical (unpaired) electrons. The van der Waals surface area contributed by atoms with Crippen LogP contribution in [0.2, 0.25) is 0 Å². The molecular weight excluding hydrogens is 217 g/mol. The van der Waals surface area contributed by atoms with Crippen molar-refractivity contribution in [3.05, 3.63) is 29.8 Å². The third-order valence-electron chi connectivity index (χ3n) is 1.35. The summed E-state index contributed by atoms with van der Waals surface area (Å²) in [6, 6.07) is 7.91. The van der Waals surface area contributed by atoms with Gasteiger partial charge in [-0.05, 0) is 0 Å². The maximum atomic E-state index is 5.30. The van der Waals surface area contributed by atoms with Gasteiger partial charge >= 0.3 is 79.4 Å². The number of nitrogens with zero attached hydrogens (tertiary/aromatic N) is 1. The molecule has 0 atom stereocenters. The predicted octanol–water partition coefficient (Wildman–Crippen LogP) is 0.805. The fourth-order valence-corrected chi connectivity index (χ4v) is 0.844. The average molecular weight is 227 g/mol. The molecule has 0 aliphatic carbocycles. The minimum atomic E-state index is 0.399. The number of hydrazone groups is 1. The number of rotatable bonds is 2. The summed E-state index contributed by atoms with van der Waals surface area (Å²) >= 11 is 2.59. The van der Waals surface area contributed by atoms with E-state index >= 15 is 0 Å². The zero-order chi connectivity index (χ0) is 8.97. The van der Waals surface area contributed by atoms with E-state index in [9.17, 15) is 0 Å². The fraction of sp³-hybridized carbons (Fsp3) is 0.125. The molecule has 63 valence electrons. The van der Waals surface area contributed by atoms with Crippen molar-refractivity contribution in [1.82, 2.24) is 0 Å². The van der Waals surface area contributed by atoms with Crippen molar-refractivity contribution < 1.29 is 0 Å². The van der Waals surface area contributed by atoms with E-state index in [1.165, 1.54) is 5.56 Å². The van der Waals surface area contributed by atoms with Crippen LogP contribution in [0.15, 0.2) is 29.4 Å². The molecule has 4 heteroatoms. The molecule has 12 heavy (non-hydrogen) atoms. The van der Waals surface area contributed by atoms with Crippen LogP contribution in [0.4, 0.5) is 5.69 Å². The Morgan fingerprint density at radius 2 is 2.00 bits per heavy atom.